The zero-order chi connectivity index (χ0) is 12.3. The number of carbonyl (C=O) groups is 2. The molecule has 5 heteroatoms. The monoisotopic (exact) mass is 239 g/mol. The van der Waals surface area contributed by atoms with E-state index in [0.29, 0.717) is 5.92 Å². The van der Waals surface area contributed by atoms with Crippen molar-refractivity contribution in [3.05, 3.63) is 0 Å². The molecule has 0 bridgehead atoms. The first-order chi connectivity index (χ1) is 8.16. The van der Waals surface area contributed by atoms with E-state index in [1.54, 1.807) is 0 Å². The molecule has 2 fully saturated rings. The number of nitrogens with one attached hydrogen (secondary N) is 3. The standard InChI is InChI=1S/C12H21N3O2/c1-8-5-9(7-13-6-8)11(16)15-10-3-2-4-14-12(10)17/h8-10,13H,2-7H2,1H3,(H,14,17)(H,15,16). The van der Waals surface area contributed by atoms with Gasteiger partial charge in [0.15, 0.2) is 0 Å². The van der Waals surface area contributed by atoms with Gasteiger partial charge in [0.2, 0.25) is 11.8 Å². The van der Waals surface area contributed by atoms with Gasteiger partial charge in [-0.3, -0.25) is 9.59 Å². The molecule has 17 heavy (non-hydrogen) atoms. The van der Waals surface area contributed by atoms with Crippen molar-refractivity contribution in [3.8, 4) is 0 Å². The van der Waals surface area contributed by atoms with Crippen LogP contribution in [0.2, 0.25) is 0 Å². The van der Waals surface area contributed by atoms with Crippen LogP contribution in [0.15, 0.2) is 0 Å². The van der Waals surface area contributed by atoms with Crippen molar-refractivity contribution in [1.82, 2.24) is 16.0 Å². The molecule has 0 aromatic rings. The minimum Gasteiger partial charge on any atom is -0.354 e. The fourth-order valence-electron chi connectivity index (χ4n) is 2.56. The Balaban J connectivity index is 1.85. The van der Waals surface area contributed by atoms with Crippen LogP contribution >= 0.6 is 0 Å². The van der Waals surface area contributed by atoms with E-state index in [9.17, 15) is 9.59 Å². The SMILES string of the molecule is CC1CNCC(C(=O)NC2CCCNC2=O)C1. The number of rotatable bonds is 2. The smallest absolute Gasteiger partial charge is 0.242 e. The lowest BCUT2D eigenvalue weighted by molar-refractivity contribution is -0.132. The van der Waals surface area contributed by atoms with Crippen LogP contribution in [0.4, 0.5) is 0 Å². The van der Waals surface area contributed by atoms with E-state index >= 15 is 0 Å². The number of hydrogen-bond donors (Lipinski definition) is 3. The lowest BCUT2D eigenvalue weighted by Gasteiger charge is -2.29. The van der Waals surface area contributed by atoms with Crippen molar-refractivity contribution in [2.24, 2.45) is 11.8 Å². The van der Waals surface area contributed by atoms with E-state index in [1.807, 2.05) is 0 Å². The summed E-state index contributed by atoms with van der Waals surface area (Å²) in [5.41, 5.74) is 0. The lowest BCUT2D eigenvalue weighted by atomic mass is 9.91. The first-order valence-corrected chi connectivity index (χ1v) is 6.45. The number of carbonyl (C=O) groups excluding carboxylic acids is 2. The van der Waals surface area contributed by atoms with E-state index in [-0.39, 0.29) is 23.8 Å². The van der Waals surface area contributed by atoms with E-state index in [0.717, 1.165) is 38.9 Å². The molecule has 0 spiro atoms. The summed E-state index contributed by atoms with van der Waals surface area (Å²) in [4.78, 5) is 23.6. The molecule has 2 aliphatic rings. The second-order valence-corrected chi connectivity index (χ2v) is 5.19. The summed E-state index contributed by atoms with van der Waals surface area (Å²) in [6.07, 6.45) is 2.61. The maximum Gasteiger partial charge on any atom is 0.242 e. The Kier molecular flexibility index (Phi) is 3.99. The molecule has 96 valence electrons. The van der Waals surface area contributed by atoms with Crippen molar-refractivity contribution < 1.29 is 9.59 Å². The Hall–Kier alpha value is -1.10. The average molecular weight is 239 g/mol. The van der Waals surface area contributed by atoms with Crippen molar-refractivity contribution in [2.45, 2.75) is 32.2 Å². The summed E-state index contributed by atoms with van der Waals surface area (Å²) in [5, 5.41) is 8.90. The predicted octanol–water partition coefficient (Wildman–Crippen LogP) is -0.373. The summed E-state index contributed by atoms with van der Waals surface area (Å²) < 4.78 is 0. The summed E-state index contributed by atoms with van der Waals surface area (Å²) in [6.45, 7) is 4.57. The molecule has 0 aromatic carbocycles. The fraction of sp³-hybridized carbons (Fsp3) is 0.833. The van der Waals surface area contributed by atoms with Gasteiger partial charge < -0.3 is 16.0 Å². The molecule has 2 amide bonds. The molecular formula is C12H21N3O2. The predicted molar refractivity (Wildman–Crippen MR) is 64.3 cm³/mol. The lowest BCUT2D eigenvalue weighted by Crippen LogP contribution is -2.53. The van der Waals surface area contributed by atoms with Gasteiger partial charge >= 0.3 is 0 Å². The molecule has 3 N–H and O–H groups in total. The average Bonchev–Trinajstić information content (AvgIpc) is 2.32. The van der Waals surface area contributed by atoms with Crippen LogP contribution in [0.5, 0.6) is 0 Å². The van der Waals surface area contributed by atoms with Gasteiger partial charge in [-0.15, -0.1) is 0 Å². The van der Waals surface area contributed by atoms with Crippen LogP contribution in [0.1, 0.15) is 26.2 Å². The highest BCUT2D eigenvalue weighted by atomic mass is 16.2. The Morgan fingerprint density at radius 2 is 2.24 bits per heavy atom. The van der Waals surface area contributed by atoms with E-state index in [1.165, 1.54) is 0 Å². The zero-order valence-corrected chi connectivity index (χ0v) is 10.3. The van der Waals surface area contributed by atoms with E-state index < -0.39 is 0 Å². The third kappa shape index (κ3) is 3.19. The van der Waals surface area contributed by atoms with E-state index in [4.69, 9.17) is 0 Å². The van der Waals surface area contributed by atoms with Gasteiger partial charge in [-0.2, -0.15) is 0 Å². The fourth-order valence-corrected chi connectivity index (χ4v) is 2.56. The van der Waals surface area contributed by atoms with Crippen LogP contribution in [0, 0.1) is 11.8 Å². The summed E-state index contributed by atoms with van der Waals surface area (Å²) in [7, 11) is 0. The van der Waals surface area contributed by atoms with Gasteiger partial charge in [-0.1, -0.05) is 6.92 Å². The van der Waals surface area contributed by atoms with Crippen molar-refractivity contribution in [2.75, 3.05) is 19.6 Å². The topological polar surface area (TPSA) is 70.2 Å². The molecule has 2 saturated heterocycles. The molecule has 3 unspecified atom stereocenters. The number of hydrogen-bond acceptors (Lipinski definition) is 3. The largest absolute Gasteiger partial charge is 0.354 e. The number of amides is 2. The van der Waals surface area contributed by atoms with Crippen LogP contribution in [-0.2, 0) is 9.59 Å². The minimum atomic E-state index is -0.325. The third-order valence-corrected chi connectivity index (χ3v) is 3.54. The Bertz CT molecular complexity index is 306. The Morgan fingerprint density at radius 3 is 2.94 bits per heavy atom. The first-order valence-electron chi connectivity index (χ1n) is 6.45. The normalized spacial score (nSPS) is 33.9. The van der Waals surface area contributed by atoms with Crippen LogP contribution in [0.25, 0.3) is 0 Å². The van der Waals surface area contributed by atoms with Crippen LogP contribution in [0.3, 0.4) is 0 Å². The molecule has 2 rings (SSSR count). The zero-order valence-electron chi connectivity index (χ0n) is 10.3. The second-order valence-electron chi connectivity index (χ2n) is 5.19. The molecule has 5 nitrogen and oxygen atoms in total. The van der Waals surface area contributed by atoms with Crippen molar-refractivity contribution in [1.29, 1.82) is 0 Å². The van der Waals surface area contributed by atoms with Crippen molar-refractivity contribution >= 4 is 11.8 Å². The van der Waals surface area contributed by atoms with Gasteiger partial charge in [-0.05, 0) is 31.7 Å². The third-order valence-electron chi connectivity index (χ3n) is 3.54. The van der Waals surface area contributed by atoms with Gasteiger partial charge in [0.25, 0.3) is 0 Å². The van der Waals surface area contributed by atoms with Gasteiger partial charge in [0.05, 0.1) is 5.92 Å². The highest BCUT2D eigenvalue weighted by molar-refractivity contribution is 5.89. The molecule has 0 saturated carbocycles. The molecular weight excluding hydrogens is 218 g/mol. The minimum absolute atomic E-state index is 0.00785. The molecule has 0 aromatic heterocycles. The summed E-state index contributed by atoms with van der Waals surface area (Å²) >= 11 is 0. The van der Waals surface area contributed by atoms with Crippen molar-refractivity contribution in [3.63, 3.8) is 0 Å². The van der Waals surface area contributed by atoms with Gasteiger partial charge in [-0.25, -0.2) is 0 Å². The van der Waals surface area contributed by atoms with E-state index in [2.05, 4.69) is 22.9 Å². The maximum atomic E-state index is 12.0. The maximum absolute atomic E-state index is 12.0. The molecule has 2 aliphatic heterocycles. The highest BCUT2D eigenvalue weighted by Gasteiger charge is 2.29. The first kappa shape index (κ1) is 12.4. The van der Waals surface area contributed by atoms with Gasteiger partial charge in [0.1, 0.15) is 6.04 Å². The molecule has 3 atom stereocenters. The van der Waals surface area contributed by atoms with Gasteiger partial charge in [0, 0.05) is 13.1 Å². The Labute approximate surface area is 102 Å². The molecule has 0 aliphatic carbocycles. The highest BCUT2D eigenvalue weighted by Crippen LogP contribution is 2.16. The van der Waals surface area contributed by atoms with Crippen LogP contribution in [-0.4, -0.2) is 37.5 Å². The molecule has 0 radical (unpaired) electrons. The summed E-state index contributed by atoms with van der Waals surface area (Å²) in [5.74, 6) is 0.515. The quantitative estimate of drug-likeness (QED) is 0.615. The summed E-state index contributed by atoms with van der Waals surface area (Å²) in [6, 6.07) is -0.325. The number of piperidine rings is 2. The van der Waals surface area contributed by atoms with Crippen LogP contribution < -0.4 is 16.0 Å². The second kappa shape index (κ2) is 5.49. The molecule has 2 heterocycles. The Morgan fingerprint density at radius 1 is 1.41 bits per heavy atom.